The minimum absolute atomic E-state index is 0. The zero-order valence-electron chi connectivity index (χ0n) is 15.0. The van der Waals surface area contributed by atoms with Crippen LogP contribution in [-0.4, -0.2) is 69.5 Å². The summed E-state index contributed by atoms with van der Waals surface area (Å²) in [6, 6.07) is 0.00128. The summed E-state index contributed by atoms with van der Waals surface area (Å²) in [7, 11) is -2.85. The number of nitrogens with zero attached hydrogens (tertiary/aromatic N) is 2. The molecule has 0 aliphatic carbocycles. The molecular weight excluding hydrogens is 439 g/mol. The predicted octanol–water partition coefficient (Wildman–Crippen LogP) is 1.47. The third-order valence-electron chi connectivity index (χ3n) is 4.70. The summed E-state index contributed by atoms with van der Waals surface area (Å²) in [5, 5.41) is 6.47. The molecule has 6 nitrogen and oxygen atoms in total. The molecule has 0 aromatic rings. The molecule has 2 fully saturated rings. The van der Waals surface area contributed by atoms with Crippen LogP contribution in [0, 0.1) is 5.92 Å². The van der Waals surface area contributed by atoms with Gasteiger partial charge in [-0.05, 0) is 58.2 Å². The molecule has 24 heavy (non-hydrogen) atoms. The van der Waals surface area contributed by atoms with Crippen molar-refractivity contribution in [3.05, 3.63) is 0 Å². The Morgan fingerprint density at radius 1 is 1.25 bits per heavy atom. The van der Waals surface area contributed by atoms with Crippen molar-refractivity contribution in [1.82, 2.24) is 15.5 Å². The van der Waals surface area contributed by atoms with Crippen LogP contribution in [0.15, 0.2) is 4.99 Å². The lowest BCUT2D eigenvalue weighted by Crippen LogP contribution is -2.44. The van der Waals surface area contributed by atoms with Gasteiger partial charge in [0.1, 0.15) is 0 Å². The molecular formula is C16H33IN4O2S. The van der Waals surface area contributed by atoms with Crippen LogP contribution in [0.25, 0.3) is 0 Å². The smallest absolute Gasteiger partial charge is 0.191 e. The first-order valence-electron chi connectivity index (χ1n) is 8.96. The molecule has 0 spiro atoms. The van der Waals surface area contributed by atoms with Gasteiger partial charge >= 0.3 is 0 Å². The van der Waals surface area contributed by atoms with Crippen molar-refractivity contribution in [2.75, 3.05) is 44.2 Å². The first-order valence-corrected chi connectivity index (χ1v) is 10.8. The molecule has 2 heterocycles. The van der Waals surface area contributed by atoms with E-state index in [0.717, 1.165) is 37.9 Å². The minimum atomic E-state index is -2.85. The average Bonchev–Trinajstić information content (AvgIpc) is 2.84. The molecule has 2 aliphatic rings. The van der Waals surface area contributed by atoms with Crippen molar-refractivity contribution in [3.63, 3.8) is 0 Å². The van der Waals surface area contributed by atoms with Gasteiger partial charge in [-0.1, -0.05) is 6.92 Å². The Hall–Kier alpha value is -0.0900. The van der Waals surface area contributed by atoms with Crippen LogP contribution in [0.1, 0.15) is 39.5 Å². The molecule has 8 heteroatoms. The zero-order chi connectivity index (χ0) is 16.7. The number of nitrogens with one attached hydrogen (secondary N) is 2. The van der Waals surface area contributed by atoms with Crippen LogP contribution in [0.3, 0.4) is 0 Å². The van der Waals surface area contributed by atoms with E-state index in [1.165, 1.54) is 25.9 Å². The first-order chi connectivity index (χ1) is 11.0. The highest BCUT2D eigenvalue weighted by atomic mass is 127. The largest absolute Gasteiger partial charge is 0.357 e. The number of aliphatic imine (C=N–C) groups is 1. The van der Waals surface area contributed by atoms with Crippen molar-refractivity contribution in [2.24, 2.45) is 10.9 Å². The van der Waals surface area contributed by atoms with Gasteiger partial charge in [-0.3, -0.25) is 4.99 Å². The average molecular weight is 472 g/mol. The molecule has 0 bridgehead atoms. The Morgan fingerprint density at radius 3 is 2.54 bits per heavy atom. The summed E-state index contributed by atoms with van der Waals surface area (Å²) >= 11 is 0. The molecule has 1 unspecified atom stereocenters. The van der Waals surface area contributed by atoms with Gasteiger partial charge in [-0.2, -0.15) is 0 Å². The summed E-state index contributed by atoms with van der Waals surface area (Å²) < 4.78 is 23.1. The van der Waals surface area contributed by atoms with Crippen molar-refractivity contribution < 1.29 is 8.42 Å². The second kappa shape index (κ2) is 10.8. The number of hydrogen-bond donors (Lipinski definition) is 2. The highest BCUT2D eigenvalue weighted by Crippen LogP contribution is 2.15. The SMILES string of the molecule is CCNC(=NCCCN1CCC(C)CC1)NC1CCS(=O)(=O)C1.I. The third kappa shape index (κ3) is 7.86. The second-order valence-electron chi connectivity index (χ2n) is 6.88. The van der Waals surface area contributed by atoms with Crippen molar-refractivity contribution >= 4 is 39.8 Å². The van der Waals surface area contributed by atoms with Crippen molar-refractivity contribution in [1.29, 1.82) is 0 Å². The van der Waals surface area contributed by atoms with Crippen LogP contribution in [0.4, 0.5) is 0 Å². The number of likely N-dealkylation sites (tertiary alicyclic amines) is 1. The zero-order valence-corrected chi connectivity index (χ0v) is 18.1. The molecule has 2 N–H and O–H groups in total. The summed E-state index contributed by atoms with van der Waals surface area (Å²) in [6.45, 7) is 9.45. The van der Waals surface area contributed by atoms with E-state index >= 15 is 0 Å². The molecule has 0 amide bonds. The lowest BCUT2D eigenvalue weighted by molar-refractivity contribution is 0.192. The van der Waals surface area contributed by atoms with Crippen molar-refractivity contribution in [2.45, 2.75) is 45.6 Å². The standard InChI is InChI=1S/C16H32N4O2S.HI/c1-3-17-16(19-15-7-12-23(21,22)13-15)18-8-4-9-20-10-5-14(2)6-11-20;/h14-15H,3-13H2,1-2H3,(H2,17,18,19);1H. The maximum Gasteiger partial charge on any atom is 0.191 e. The number of halogens is 1. The van der Waals surface area contributed by atoms with Crippen LogP contribution < -0.4 is 10.6 Å². The van der Waals surface area contributed by atoms with Gasteiger partial charge in [0.05, 0.1) is 11.5 Å². The van der Waals surface area contributed by atoms with Gasteiger partial charge in [0.25, 0.3) is 0 Å². The van der Waals surface area contributed by atoms with E-state index in [1.807, 2.05) is 6.92 Å². The summed E-state index contributed by atoms with van der Waals surface area (Å²) in [5.74, 6) is 2.14. The van der Waals surface area contributed by atoms with Gasteiger partial charge in [0.15, 0.2) is 15.8 Å². The minimum Gasteiger partial charge on any atom is -0.357 e. The first kappa shape index (κ1) is 22.0. The number of sulfone groups is 1. The lowest BCUT2D eigenvalue weighted by Gasteiger charge is -2.29. The molecule has 2 rings (SSSR count). The molecule has 1 atom stereocenters. The Balaban J connectivity index is 0.00000288. The van der Waals surface area contributed by atoms with Crippen molar-refractivity contribution in [3.8, 4) is 0 Å². The quantitative estimate of drug-likeness (QED) is 0.265. The van der Waals surface area contributed by atoms with Gasteiger partial charge in [-0.25, -0.2) is 8.42 Å². The Labute approximate surface area is 164 Å². The molecule has 0 saturated carbocycles. The monoisotopic (exact) mass is 472 g/mol. The summed E-state index contributed by atoms with van der Waals surface area (Å²) in [6.07, 6.45) is 4.35. The van der Waals surface area contributed by atoms with E-state index in [0.29, 0.717) is 6.42 Å². The van der Waals surface area contributed by atoms with E-state index in [1.54, 1.807) is 0 Å². The predicted molar refractivity (Wildman–Crippen MR) is 111 cm³/mol. The molecule has 142 valence electrons. The summed E-state index contributed by atoms with van der Waals surface area (Å²) in [5.41, 5.74) is 0. The highest BCUT2D eigenvalue weighted by Gasteiger charge is 2.28. The Morgan fingerprint density at radius 2 is 1.96 bits per heavy atom. The normalized spacial score (nSPS) is 25.2. The van der Waals surface area contributed by atoms with Gasteiger partial charge in [0.2, 0.25) is 0 Å². The fourth-order valence-corrected chi connectivity index (χ4v) is 4.87. The van der Waals surface area contributed by atoms with E-state index in [2.05, 4.69) is 27.4 Å². The lowest BCUT2D eigenvalue weighted by atomic mass is 9.99. The van der Waals surface area contributed by atoms with E-state index < -0.39 is 9.84 Å². The third-order valence-corrected chi connectivity index (χ3v) is 6.46. The van der Waals surface area contributed by atoms with E-state index in [9.17, 15) is 8.42 Å². The van der Waals surface area contributed by atoms with E-state index in [-0.39, 0.29) is 41.5 Å². The summed E-state index contributed by atoms with van der Waals surface area (Å²) in [4.78, 5) is 7.12. The second-order valence-corrected chi connectivity index (χ2v) is 9.11. The molecule has 0 radical (unpaired) electrons. The highest BCUT2D eigenvalue weighted by molar-refractivity contribution is 14.0. The van der Waals surface area contributed by atoms with E-state index in [4.69, 9.17) is 0 Å². The number of rotatable bonds is 6. The molecule has 2 aliphatic heterocycles. The fraction of sp³-hybridized carbons (Fsp3) is 0.938. The maximum absolute atomic E-state index is 11.5. The van der Waals surface area contributed by atoms with Crippen LogP contribution in [0.5, 0.6) is 0 Å². The topological polar surface area (TPSA) is 73.8 Å². The fourth-order valence-electron chi connectivity index (χ4n) is 3.19. The number of guanidine groups is 1. The molecule has 2 saturated heterocycles. The van der Waals surface area contributed by atoms with Crippen LogP contribution >= 0.6 is 24.0 Å². The van der Waals surface area contributed by atoms with Crippen LogP contribution in [0.2, 0.25) is 0 Å². The van der Waals surface area contributed by atoms with Crippen LogP contribution in [-0.2, 0) is 9.84 Å². The van der Waals surface area contributed by atoms with Gasteiger partial charge < -0.3 is 15.5 Å². The Bertz CT molecular complexity index is 490. The number of hydrogen-bond acceptors (Lipinski definition) is 4. The van der Waals surface area contributed by atoms with Gasteiger partial charge in [0, 0.05) is 19.1 Å². The molecule has 0 aromatic carbocycles. The number of piperidine rings is 1. The van der Waals surface area contributed by atoms with Gasteiger partial charge in [-0.15, -0.1) is 24.0 Å². The maximum atomic E-state index is 11.5. The molecule has 0 aromatic heterocycles. The Kier molecular flexibility index (Phi) is 9.88.